The fraction of sp³-hybridized carbons (Fsp3) is 0.250. The first-order valence-corrected chi connectivity index (χ1v) is 7.82. The van der Waals surface area contributed by atoms with E-state index in [9.17, 15) is 5.11 Å². The zero-order valence-corrected chi connectivity index (χ0v) is 13.5. The summed E-state index contributed by atoms with van der Waals surface area (Å²) >= 11 is 9.64. The lowest BCUT2D eigenvalue weighted by atomic mass is 10.0. The summed E-state index contributed by atoms with van der Waals surface area (Å²) < 4.78 is 12.0. The van der Waals surface area contributed by atoms with E-state index in [1.807, 2.05) is 24.3 Å². The molecule has 5 heteroatoms. The topological polar surface area (TPSA) is 38.7 Å². The zero-order valence-electron chi connectivity index (χ0n) is 11.2. The molecule has 0 radical (unpaired) electrons. The summed E-state index contributed by atoms with van der Waals surface area (Å²) in [5.41, 5.74) is 1.69. The molecule has 1 unspecified atom stereocenters. The molecule has 0 aromatic heterocycles. The quantitative estimate of drug-likeness (QED) is 0.883. The van der Waals surface area contributed by atoms with E-state index in [0.717, 1.165) is 10.0 Å². The van der Waals surface area contributed by atoms with Crippen LogP contribution in [0.1, 0.15) is 17.2 Å². The Morgan fingerprint density at radius 2 is 1.71 bits per heavy atom. The lowest BCUT2D eigenvalue weighted by Gasteiger charge is -2.21. The van der Waals surface area contributed by atoms with Gasteiger partial charge in [-0.1, -0.05) is 39.7 Å². The summed E-state index contributed by atoms with van der Waals surface area (Å²) in [6, 6.07) is 11.3. The number of benzene rings is 2. The van der Waals surface area contributed by atoms with Crippen molar-refractivity contribution in [2.24, 2.45) is 0 Å². The predicted molar refractivity (Wildman–Crippen MR) is 85.2 cm³/mol. The molecule has 3 rings (SSSR count). The molecule has 2 aromatic rings. The van der Waals surface area contributed by atoms with Gasteiger partial charge in [0.05, 0.1) is 11.1 Å². The third-order valence-electron chi connectivity index (χ3n) is 3.36. The number of aliphatic hydroxyl groups excluding tert-OH is 1. The molecule has 2 aromatic carbocycles. The van der Waals surface area contributed by atoms with Gasteiger partial charge in [-0.3, -0.25) is 0 Å². The van der Waals surface area contributed by atoms with Crippen LogP contribution >= 0.6 is 27.5 Å². The molecular formula is C16H14BrClO3. The Morgan fingerprint density at radius 3 is 2.38 bits per heavy atom. The van der Waals surface area contributed by atoms with Crippen LogP contribution in [0.4, 0.5) is 0 Å². The van der Waals surface area contributed by atoms with Crippen molar-refractivity contribution in [3.05, 3.63) is 57.0 Å². The van der Waals surface area contributed by atoms with Gasteiger partial charge in [-0.25, -0.2) is 0 Å². The molecule has 0 spiro atoms. The third-order valence-corrected chi connectivity index (χ3v) is 4.22. The summed E-state index contributed by atoms with van der Waals surface area (Å²) in [4.78, 5) is 0. The summed E-state index contributed by atoms with van der Waals surface area (Å²) in [6.45, 7) is 1.03. The summed E-state index contributed by atoms with van der Waals surface area (Å²) in [5, 5.41) is 10.9. The van der Waals surface area contributed by atoms with Crippen LogP contribution in [0, 0.1) is 0 Å². The van der Waals surface area contributed by atoms with Crippen LogP contribution in [0.2, 0.25) is 5.02 Å². The Balaban J connectivity index is 1.83. The van der Waals surface area contributed by atoms with E-state index in [1.165, 1.54) is 0 Å². The lowest BCUT2D eigenvalue weighted by molar-refractivity contribution is 0.164. The molecule has 21 heavy (non-hydrogen) atoms. The second-order valence-electron chi connectivity index (χ2n) is 4.86. The molecule has 0 amide bonds. The van der Waals surface area contributed by atoms with Crippen LogP contribution in [-0.2, 0) is 6.42 Å². The van der Waals surface area contributed by atoms with E-state index in [0.29, 0.717) is 41.7 Å². The van der Waals surface area contributed by atoms with Gasteiger partial charge < -0.3 is 14.6 Å². The first-order valence-electron chi connectivity index (χ1n) is 6.65. The van der Waals surface area contributed by atoms with Crippen LogP contribution in [0.15, 0.2) is 40.9 Å². The first-order chi connectivity index (χ1) is 10.1. The van der Waals surface area contributed by atoms with Crippen LogP contribution in [0.5, 0.6) is 11.5 Å². The van der Waals surface area contributed by atoms with Gasteiger partial charge in [0.15, 0.2) is 11.5 Å². The number of hydrogen-bond acceptors (Lipinski definition) is 3. The standard InChI is InChI=1S/C16H14BrClO3/c17-11-3-1-10(2-4-11)7-14(19)12-8-15-16(9-13(12)18)21-6-5-20-15/h1-4,8-9,14,19H,5-7H2. The molecule has 0 saturated carbocycles. The molecule has 3 nitrogen and oxygen atoms in total. The predicted octanol–water partition coefficient (Wildman–Crippen LogP) is 4.15. The van der Waals surface area contributed by atoms with Gasteiger partial charge in [-0.2, -0.15) is 0 Å². The van der Waals surface area contributed by atoms with Crippen molar-refractivity contribution < 1.29 is 14.6 Å². The van der Waals surface area contributed by atoms with E-state index < -0.39 is 6.10 Å². The highest BCUT2D eigenvalue weighted by Crippen LogP contribution is 2.38. The number of aliphatic hydroxyl groups is 1. The molecule has 1 aliphatic heterocycles. The maximum Gasteiger partial charge on any atom is 0.162 e. The smallest absolute Gasteiger partial charge is 0.162 e. The zero-order chi connectivity index (χ0) is 14.8. The molecule has 0 fully saturated rings. The van der Waals surface area contributed by atoms with E-state index in [-0.39, 0.29) is 0 Å². The molecule has 1 aliphatic rings. The molecule has 110 valence electrons. The molecule has 0 saturated heterocycles. The monoisotopic (exact) mass is 368 g/mol. The molecular weight excluding hydrogens is 356 g/mol. The summed E-state index contributed by atoms with van der Waals surface area (Å²) in [6.07, 6.45) is -0.193. The van der Waals surface area contributed by atoms with E-state index in [4.69, 9.17) is 21.1 Å². The van der Waals surface area contributed by atoms with Gasteiger partial charge in [0.25, 0.3) is 0 Å². The summed E-state index contributed by atoms with van der Waals surface area (Å²) in [7, 11) is 0. The Labute approximate surface area is 136 Å². The van der Waals surface area contributed by atoms with Crippen molar-refractivity contribution in [3.63, 3.8) is 0 Å². The van der Waals surface area contributed by atoms with Crippen molar-refractivity contribution >= 4 is 27.5 Å². The number of ether oxygens (including phenoxy) is 2. The number of rotatable bonds is 3. The summed E-state index contributed by atoms with van der Waals surface area (Å²) in [5.74, 6) is 1.27. The highest BCUT2D eigenvalue weighted by molar-refractivity contribution is 9.10. The van der Waals surface area contributed by atoms with Crippen molar-refractivity contribution in [2.75, 3.05) is 13.2 Å². The fourth-order valence-electron chi connectivity index (χ4n) is 2.29. The average Bonchev–Trinajstić information content (AvgIpc) is 2.49. The van der Waals surface area contributed by atoms with Gasteiger partial charge >= 0.3 is 0 Å². The van der Waals surface area contributed by atoms with Crippen molar-refractivity contribution in [1.29, 1.82) is 0 Å². The minimum atomic E-state index is -0.686. The average molecular weight is 370 g/mol. The van der Waals surface area contributed by atoms with Crippen molar-refractivity contribution in [1.82, 2.24) is 0 Å². The minimum absolute atomic E-state index is 0.490. The van der Waals surface area contributed by atoms with Crippen molar-refractivity contribution in [3.8, 4) is 11.5 Å². The Hall–Kier alpha value is -1.23. The molecule has 1 atom stereocenters. The van der Waals surface area contributed by atoms with Gasteiger partial charge in [0.1, 0.15) is 13.2 Å². The highest BCUT2D eigenvalue weighted by Gasteiger charge is 2.19. The first kappa shape index (κ1) is 14.7. The molecule has 1 N–H and O–H groups in total. The Morgan fingerprint density at radius 1 is 1.10 bits per heavy atom. The second-order valence-corrected chi connectivity index (χ2v) is 6.19. The van der Waals surface area contributed by atoms with Gasteiger partial charge in [-0.05, 0) is 23.8 Å². The van der Waals surface area contributed by atoms with Crippen LogP contribution in [0.3, 0.4) is 0 Å². The number of fused-ring (bicyclic) bond motifs is 1. The van der Waals surface area contributed by atoms with Crippen LogP contribution < -0.4 is 9.47 Å². The Kier molecular flexibility index (Phi) is 4.38. The maximum atomic E-state index is 10.4. The minimum Gasteiger partial charge on any atom is -0.486 e. The van der Waals surface area contributed by atoms with Crippen LogP contribution in [0.25, 0.3) is 0 Å². The SMILES string of the molecule is OC(Cc1ccc(Br)cc1)c1cc2c(cc1Cl)OCCO2. The maximum absolute atomic E-state index is 10.4. The van der Waals surface area contributed by atoms with Gasteiger partial charge in [0, 0.05) is 22.5 Å². The van der Waals surface area contributed by atoms with Crippen LogP contribution in [-0.4, -0.2) is 18.3 Å². The van der Waals surface area contributed by atoms with Gasteiger partial charge in [0.2, 0.25) is 0 Å². The van der Waals surface area contributed by atoms with E-state index in [1.54, 1.807) is 12.1 Å². The van der Waals surface area contributed by atoms with Crippen molar-refractivity contribution in [2.45, 2.75) is 12.5 Å². The van der Waals surface area contributed by atoms with E-state index >= 15 is 0 Å². The second kappa shape index (κ2) is 6.26. The molecule has 0 bridgehead atoms. The normalized spacial score (nSPS) is 14.8. The fourth-order valence-corrected chi connectivity index (χ4v) is 2.83. The van der Waals surface area contributed by atoms with E-state index in [2.05, 4.69) is 15.9 Å². The molecule has 0 aliphatic carbocycles. The number of hydrogen-bond donors (Lipinski definition) is 1. The lowest BCUT2D eigenvalue weighted by Crippen LogP contribution is -2.16. The Bertz CT molecular complexity index is 643. The third kappa shape index (κ3) is 3.34. The number of halogens is 2. The molecule has 1 heterocycles. The van der Waals surface area contributed by atoms with Gasteiger partial charge in [-0.15, -0.1) is 0 Å². The highest BCUT2D eigenvalue weighted by atomic mass is 79.9. The largest absolute Gasteiger partial charge is 0.486 e.